The predicted molar refractivity (Wildman–Crippen MR) is 79.0 cm³/mol. The van der Waals surface area contributed by atoms with Gasteiger partial charge in [0, 0.05) is 18.7 Å². The molecule has 0 amide bonds. The van der Waals surface area contributed by atoms with Gasteiger partial charge in [0.05, 0.1) is 0 Å². The van der Waals surface area contributed by atoms with E-state index in [2.05, 4.69) is 4.90 Å². The van der Waals surface area contributed by atoms with Gasteiger partial charge in [0.25, 0.3) is 0 Å². The summed E-state index contributed by atoms with van der Waals surface area (Å²) >= 11 is 0. The minimum Gasteiger partial charge on any atom is -0.384 e. The third-order valence-electron chi connectivity index (χ3n) is 3.06. The monoisotopic (exact) mass is 271 g/mol. The summed E-state index contributed by atoms with van der Waals surface area (Å²) in [5.74, 6) is -0.133. The lowest BCUT2D eigenvalue weighted by molar-refractivity contribution is 0.318. The molecule has 2 aromatic rings. The number of hydrogen-bond acceptors (Lipinski definition) is 2. The minimum absolute atomic E-state index is 0.0738. The van der Waals surface area contributed by atoms with Crippen LogP contribution in [-0.2, 0) is 13.1 Å². The number of nitrogens with two attached hydrogens (primary N) is 1. The number of rotatable bonds is 5. The molecule has 4 heteroatoms. The Hall–Kier alpha value is -2.20. The van der Waals surface area contributed by atoms with Gasteiger partial charge in [0.2, 0.25) is 0 Å². The maximum absolute atomic E-state index is 13.1. The molecule has 104 valence electrons. The van der Waals surface area contributed by atoms with Crippen molar-refractivity contribution in [3.05, 3.63) is 71.0 Å². The average molecular weight is 271 g/mol. The highest BCUT2D eigenvalue weighted by Crippen LogP contribution is 2.10. The van der Waals surface area contributed by atoms with E-state index in [0.717, 1.165) is 23.2 Å². The largest absolute Gasteiger partial charge is 0.384 e. The zero-order chi connectivity index (χ0) is 14.5. The summed E-state index contributed by atoms with van der Waals surface area (Å²) in [6.07, 6.45) is 0. The molecule has 0 heterocycles. The summed E-state index contributed by atoms with van der Waals surface area (Å²) in [5, 5.41) is 7.35. The first-order chi connectivity index (χ1) is 9.54. The minimum atomic E-state index is -0.207. The van der Waals surface area contributed by atoms with Crippen molar-refractivity contribution in [2.75, 3.05) is 7.05 Å². The lowest BCUT2D eigenvalue weighted by atomic mass is 10.1. The summed E-state index contributed by atoms with van der Waals surface area (Å²) in [7, 11) is 1.99. The van der Waals surface area contributed by atoms with Crippen LogP contribution in [0.4, 0.5) is 4.39 Å². The molecule has 2 aromatic carbocycles. The molecule has 0 aliphatic carbocycles. The van der Waals surface area contributed by atoms with E-state index >= 15 is 0 Å². The third kappa shape index (κ3) is 3.90. The highest BCUT2D eigenvalue weighted by Gasteiger charge is 2.03. The Morgan fingerprint density at radius 1 is 1.10 bits per heavy atom. The molecule has 2 rings (SSSR count). The summed E-state index contributed by atoms with van der Waals surface area (Å²) in [6, 6.07) is 14.2. The van der Waals surface area contributed by atoms with Crippen molar-refractivity contribution >= 4 is 5.84 Å². The highest BCUT2D eigenvalue weighted by atomic mass is 19.1. The fourth-order valence-corrected chi connectivity index (χ4v) is 2.10. The van der Waals surface area contributed by atoms with Gasteiger partial charge >= 0.3 is 0 Å². The van der Waals surface area contributed by atoms with Crippen molar-refractivity contribution in [3.63, 3.8) is 0 Å². The van der Waals surface area contributed by atoms with Crippen LogP contribution < -0.4 is 5.73 Å². The molecule has 0 bridgehead atoms. The molecule has 0 aliphatic rings. The van der Waals surface area contributed by atoms with Crippen molar-refractivity contribution in [2.24, 2.45) is 5.73 Å². The Balaban J connectivity index is 1.97. The maximum Gasteiger partial charge on any atom is 0.123 e. The van der Waals surface area contributed by atoms with Gasteiger partial charge in [-0.25, -0.2) is 4.39 Å². The maximum atomic E-state index is 13.1. The standard InChI is InChI=1S/C16H18FN3/c1-20(11-13-3-2-4-15(17)9-13)10-12-5-7-14(8-6-12)16(18)19/h2-9H,10-11H2,1H3,(H3,18,19). The van der Waals surface area contributed by atoms with E-state index in [4.69, 9.17) is 11.1 Å². The van der Waals surface area contributed by atoms with Crippen molar-refractivity contribution < 1.29 is 4.39 Å². The van der Waals surface area contributed by atoms with Crippen molar-refractivity contribution in [1.29, 1.82) is 5.41 Å². The molecule has 0 fully saturated rings. The van der Waals surface area contributed by atoms with Crippen molar-refractivity contribution in [3.8, 4) is 0 Å². The van der Waals surface area contributed by atoms with Crippen molar-refractivity contribution in [2.45, 2.75) is 13.1 Å². The van der Waals surface area contributed by atoms with E-state index in [1.165, 1.54) is 6.07 Å². The molecule has 0 saturated carbocycles. The zero-order valence-electron chi connectivity index (χ0n) is 11.4. The van der Waals surface area contributed by atoms with Gasteiger partial charge in [-0.3, -0.25) is 10.3 Å². The van der Waals surface area contributed by atoms with Gasteiger partial charge in [-0.1, -0.05) is 36.4 Å². The van der Waals surface area contributed by atoms with Crippen LogP contribution in [0.3, 0.4) is 0 Å². The number of benzene rings is 2. The van der Waals surface area contributed by atoms with E-state index in [1.54, 1.807) is 12.1 Å². The van der Waals surface area contributed by atoms with Gasteiger partial charge in [0.15, 0.2) is 0 Å². The number of halogens is 1. The van der Waals surface area contributed by atoms with Crippen LogP contribution in [0, 0.1) is 11.2 Å². The first-order valence-corrected chi connectivity index (χ1v) is 6.41. The molecular weight excluding hydrogens is 253 g/mol. The Morgan fingerprint density at radius 3 is 2.35 bits per heavy atom. The zero-order valence-corrected chi connectivity index (χ0v) is 11.4. The molecule has 0 saturated heterocycles. The van der Waals surface area contributed by atoms with E-state index in [9.17, 15) is 4.39 Å². The normalized spacial score (nSPS) is 10.8. The van der Waals surface area contributed by atoms with E-state index in [0.29, 0.717) is 6.54 Å². The fraction of sp³-hybridized carbons (Fsp3) is 0.188. The number of nitrogen functional groups attached to an aromatic ring is 1. The second-order valence-corrected chi connectivity index (χ2v) is 4.91. The SMILES string of the molecule is CN(Cc1ccc(C(=N)N)cc1)Cc1cccc(F)c1. The summed E-state index contributed by atoms with van der Waals surface area (Å²) < 4.78 is 13.1. The van der Waals surface area contributed by atoms with E-state index in [-0.39, 0.29) is 11.7 Å². The molecular formula is C16H18FN3. The third-order valence-corrected chi connectivity index (χ3v) is 3.06. The van der Waals surface area contributed by atoms with E-state index < -0.39 is 0 Å². The van der Waals surface area contributed by atoms with Crippen LogP contribution in [0.25, 0.3) is 0 Å². The fourth-order valence-electron chi connectivity index (χ4n) is 2.10. The van der Waals surface area contributed by atoms with Gasteiger partial charge in [-0.05, 0) is 30.3 Å². The number of nitrogens with zero attached hydrogens (tertiary/aromatic N) is 1. The smallest absolute Gasteiger partial charge is 0.123 e. The molecule has 0 atom stereocenters. The first-order valence-electron chi connectivity index (χ1n) is 6.41. The summed E-state index contributed by atoms with van der Waals surface area (Å²) in [6.45, 7) is 1.45. The average Bonchev–Trinajstić information content (AvgIpc) is 2.39. The molecule has 0 aromatic heterocycles. The molecule has 0 unspecified atom stereocenters. The first kappa shape index (κ1) is 14.2. The molecule has 0 spiro atoms. The highest BCUT2D eigenvalue weighted by molar-refractivity contribution is 5.94. The van der Waals surface area contributed by atoms with Crippen LogP contribution >= 0.6 is 0 Å². The molecule has 20 heavy (non-hydrogen) atoms. The Bertz CT molecular complexity index is 593. The van der Waals surface area contributed by atoms with Crippen LogP contribution in [0.15, 0.2) is 48.5 Å². The van der Waals surface area contributed by atoms with Crippen LogP contribution in [0.1, 0.15) is 16.7 Å². The van der Waals surface area contributed by atoms with Gasteiger partial charge < -0.3 is 5.73 Å². The number of nitrogens with one attached hydrogen (secondary N) is 1. The quantitative estimate of drug-likeness (QED) is 0.649. The summed E-state index contributed by atoms with van der Waals surface area (Å²) in [5.41, 5.74) is 8.23. The van der Waals surface area contributed by atoms with Gasteiger partial charge in [-0.2, -0.15) is 0 Å². The lowest BCUT2D eigenvalue weighted by Crippen LogP contribution is -2.17. The number of hydrogen-bond donors (Lipinski definition) is 2. The second kappa shape index (κ2) is 6.30. The van der Waals surface area contributed by atoms with Crippen molar-refractivity contribution in [1.82, 2.24) is 4.90 Å². The second-order valence-electron chi connectivity index (χ2n) is 4.91. The van der Waals surface area contributed by atoms with Crippen LogP contribution in [-0.4, -0.2) is 17.8 Å². The topological polar surface area (TPSA) is 53.1 Å². The van der Waals surface area contributed by atoms with Gasteiger partial charge in [-0.15, -0.1) is 0 Å². The number of amidine groups is 1. The van der Waals surface area contributed by atoms with Crippen LogP contribution in [0.2, 0.25) is 0 Å². The predicted octanol–water partition coefficient (Wildman–Crippen LogP) is 2.74. The van der Waals surface area contributed by atoms with Crippen LogP contribution in [0.5, 0.6) is 0 Å². The molecule has 3 nitrogen and oxygen atoms in total. The molecule has 0 radical (unpaired) electrons. The van der Waals surface area contributed by atoms with Gasteiger partial charge in [0.1, 0.15) is 11.7 Å². The molecule has 3 N–H and O–H groups in total. The Labute approximate surface area is 118 Å². The summed E-state index contributed by atoms with van der Waals surface area (Å²) in [4.78, 5) is 2.11. The Kier molecular flexibility index (Phi) is 4.48. The van der Waals surface area contributed by atoms with E-state index in [1.807, 2.05) is 37.4 Å². The Morgan fingerprint density at radius 2 is 1.75 bits per heavy atom. The lowest BCUT2D eigenvalue weighted by Gasteiger charge is -2.17. The molecule has 0 aliphatic heterocycles.